The summed E-state index contributed by atoms with van der Waals surface area (Å²) in [7, 11) is 0. The van der Waals surface area contributed by atoms with E-state index in [-0.39, 0.29) is 11.7 Å². The van der Waals surface area contributed by atoms with Gasteiger partial charge < -0.3 is 4.52 Å². The molecule has 27 heavy (non-hydrogen) atoms. The largest absolute Gasteiger partial charge is 0.416 e. The van der Waals surface area contributed by atoms with Gasteiger partial charge in [0.2, 0.25) is 11.7 Å². The van der Waals surface area contributed by atoms with Crippen LogP contribution < -0.4 is 0 Å². The number of alkyl halides is 3. The van der Waals surface area contributed by atoms with Crippen molar-refractivity contribution in [3.05, 3.63) is 71.6 Å². The van der Waals surface area contributed by atoms with Crippen LogP contribution in [0.25, 0.3) is 11.4 Å². The van der Waals surface area contributed by atoms with Gasteiger partial charge in [-0.05, 0) is 30.7 Å². The molecule has 0 aliphatic carbocycles. The molecule has 0 spiro atoms. The number of hydrogen-bond donors (Lipinski definition) is 0. The van der Waals surface area contributed by atoms with Crippen LogP contribution in [0.3, 0.4) is 0 Å². The Labute approximate surface area is 154 Å². The molecule has 0 unspecified atom stereocenters. The van der Waals surface area contributed by atoms with Crippen molar-refractivity contribution < 1.29 is 17.7 Å². The SMILES string of the molecule is FC(F)(F)c1cccc(-c2noc([C@@H]3CCN(Cc4ccccc4)C3)n2)c1. The highest BCUT2D eigenvalue weighted by molar-refractivity contribution is 5.55. The van der Waals surface area contributed by atoms with E-state index in [4.69, 9.17) is 4.52 Å². The summed E-state index contributed by atoms with van der Waals surface area (Å²) in [4.78, 5) is 6.67. The lowest BCUT2D eigenvalue weighted by Gasteiger charge is -2.14. The van der Waals surface area contributed by atoms with Gasteiger partial charge in [-0.3, -0.25) is 4.90 Å². The Hall–Kier alpha value is -2.67. The van der Waals surface area contributed by atoms with Crippen molar-refractivity contribution in [2.24, 2.45) is 0 Å². The Morgan fingerprint density at radius 1 is 1.07 bits per heavy atom. The molecule has 140 valence electrons. The van der Waals surface area contributed by atoms with E-state index in [0.29, 0.717) is 11.5 Å². The molecule has 4 nitrogen and oxygen atoms in total. The molecule has 0 bridgehead atoms. The van der Waals surface area contributed by atoms with Crippen molar-refractivity contribution >= 4 is 0 Å². The lowest BCUT2D eigenvalue weighted by Crippen LogP contribution is -2.19. The van der Waals surface area contributed by atoms with E-state index in [9.17, 15) is 13.2 Å². The second kappa shape index (κ2) is 7.15. The molecule has 0 radical (unpaired) electrons. The Bertz CT molecular complexity index is 908. The highest BCUT2D eigenvalue weighted by atomic mass is 19.4. The number of aromatic nitrogens is 2. The van der Waals surface area contributed by atoms with Gasteiger partial charge in [0.1, 0.15) is 0 Å². The van der Waals surface area contributed by atoms with Gasteiger partial charge in [0.05, 0.1) is 11.5 Å². The maximum atomic E-state index is 12.9. The molecule has 1 aromatic heterocycles. The minimum absolute atomic E-state index is 0.0979. The fourth-order valence-electron chi connectivity index (χ4n) is 3.37. The quantitative estimate of drug-likeness (QED) is 0.662. The van der Waals surface area contributed by atoms with Crippen molar-refractivity contribution in [3.8, 4) is 11.4 Å². The molecule has 7 heteroatoms. The van der Waals surface area contributed by atoms with Gasteiger partial charge in [-0.2, -0.15) is 18.2 Å². The average molecular weight is 373 g/mol. The highest BCUT2D eigenvalue weighted by Gasteiger charge is 2.31. The number of likely N-dealkylation sites (tertiary alicyclic amines) is 1. The van der Waals surface area contributed by atoms with Crippen molar-refractivity contribution in [1.82, 2.24) is 15.0 Å². The molecule has 3 aromatic rings. The van der Waals surface area contributed by atoms with E-state index >= 15 is 0 Å². The predicted molar refractivity (Wildman–Crippen MR) is 93.8 cm³/mol. The molecule has 1 fully saturated rings. The minimum atomic E-state index is -4.40. The first-order valence-corrected chi connectivity index (χ1v) is 8.76. The molecular weight excluding hydrogens is 355 g/mol. The van der Waals surface area contributed by atoms with Crippen molar-refractivity contribution in [2.45, 2.75) is 25.1 Å². The molecule has 0 N–H and O–H groups in total. The zero-order valence-corrected chi connectivity index (χ0v) is 14.5. The van der Waals surface area contributed by atoms with Crippen LogP contribution in [0.5, 0.6) is 0 Å². The topological polar surface area (TPSA) is 42.2 Å². The number of benzene rings is 2. The molecule has 0 saturated carbocycles. The van der Waals surface area contributed by atoms with Crippen molar-refractivity contribution in [3.63, 3.8) is 0 Å². The molecule has 1 saturated heterocycles. The standard InChI is InChI=1S/C20H18F3N3O/c21-20(22,23)17-8-4-7-15(11-17)18-24-19(27-25-18)16-9-10-26(13-16)12-14-5-2-1-3-6-14/h1-8,11,16H,9-10,12-13H2/t16-/m1/s1. The molecule has 4 rings (SSSR count). The van der Waals surface area contributed by atoms with Crippen LogP contribution in [0.4, 0.5) is 13.2 Å². The lowest BCUT2D eigenvalue weighted by atomic mass is 10.1. The lowest BCUT2D eigenvalue weighted by molar-refractivity contribution is -0.137. The van der Waals surface area contributed by atoms with Gasteiger partial charge in [-0.15, -0.1) is 0 Å². The third kappa shape index (κ3) is 4.03. The molecule has 0 amide bonds. The third-order valence-electron chi connectivity index (χ3n) is 4.76. The summed E-state index contributed by atoms with van der Waals surface area (Å²) in [5.74, 6) is 0.774. The molecule has 1 aliphatic heterocycles. The second-order valence-electron chi connectivity index (χ2n) is 6.74. The molecule has 1 aliphatic rings. The zero-order chi connectivity index (χ0) is 18.9. The monoisotopic (exact) mass is 373 g/mol. The Morgan fingerprint density at radius 2 is 1.89 bits per heavy atom. The first-order chi connectivity index (χ1) is 13.0. The van der Waals surface area contributed by atoms with Gasteiger partial charge in [0, 0.05) is 18.7 Å². The van der Waals surface area contributed by atoms with E-state index in [1.807, 2.05) is 18.2 Å². The fourth-order valence-corrected chi connectivity index (χ4v) is 3.37. The van der Waals surface area contributed by atoms with Crippen LogP contribution in [0.2, 0.25) is 0 Å². The van der Waals surface area contributed by atoms with Gasteiger partial charge >= 0.3 is 6.18 Å². The van der Waals surface area contributed by atoms with E-state index in [0.717, 1.165) is 38.2 Å². The number of nitrogens with zero attached hydrogens (tertiary/aromatic N) is 3. The summed E-state index contributed by atoms with van der Waals surface area (Å²) in [6.45, 7) is 2.56. The first kappa shape index (κ1) is 17.7. The Kier molecular flexibility index (Phi) is 4.70. The summed E-state index contributed by atoms with van der Waals surface area (Å²) in [6, 6.07) is 15.2. The summed E-state index contributed by atoms with van der Waals surface area (Å²) in [5, 5.41) is 3.89. The molecule has 2 aromatic carbocycles. The third-order valence-corrected chi connectivity index (χ3v) is 4.76. The van der Waals surface area contributed by atoms with E-state index < -0.39 is 11.7 Å². The number of halogens is 3. The smallest absolute Gasteiger partial charge is 0.339 e. The molecular formula is C20H18F3N3O. The minimum Gasteiger partial charge on any atom is -0.339 e. The van der Waals surface area contributed by atoms with Crippen LogP contribution in [-0.4, -0.2) is 28.1 Å². The number of rotatable bonds is 4. The van der Waals surface area contributed by atoms with Gasteiger partial charge in [0.25, 0.3) is 0 Å². The summed E-state index contributed by atoms with van der Waals surface area (Å²) in [6.07, 6.45) is -3.51. The predicted octanol–water partition coefficient (Wildman–Crippen LogP) is 4.74. The van der Waals surface area contributed by atoms with Crippen molar-refractivity contribution in [1.29, 1.82) is 0 Å². The maximum Gasteiger partial charge on any atom is 0.416 e. The highest BCUT2D eigenvalue weighted by Crippen LogP contribution is 2.32. The second-order valence-corrected chi connectivity index (χ2v) is 6.74. The number of hydrogen-bond acceptors (Lipinski definition) is 4. The van der Waals surface area contributed by atoms with E-state index in [2.05, 4.69) is 27.2 Å². The van der Waals surface area contributed by atoms with Gasteiger partial charge in [0.15, 0.2) is 0 Å². The van der Waals surface area contributed by atoms with Crippen LogP contribution in [0, 0.1) is 0 Å². The van der Waals surface area contributed by atoms with Crippen LogP contribution in [-0.2, 0) is 12.7 Å². The van der Waals surface area contributed by atoms with Gasteiger partial charge in [-0.1, -0.05) is 47.6 Å². The average Bonchev–Trinajstić information content (AvgIpc) is 3.31. The summed E-state index contributed by atoms with van der Waals surface area (Å²) >= 11 is 0. The fraction of sp³-hybridized carbons (Fsp3) is 0.300. The Balaban J connectivity index is 1.46. The maximum absolute atomic E-state index is 12.9. The normalized spacial score (nSPS) is 18.1. The summed E-state index contributed by atoms with van der Waals surface area (Å²) in [5.41, 5.74) is 0.827. The zero-order valence-electron chi connectivity index (χ0n) is 14.5. The van der Waals surface area contributed by atoms with Crippen LogP contribution in [0.1, 0.15) is 29.4 Å². The van der Waals surface area contributed by atoms with Crippen LogP contribution in [0.15, 0.2) is 59.1 Å². The molecule has 2 heterocycles. The van der Waals surface area contributed by atoms with Crippen molar-refractivity contribution in [2.75, 3.05) is 13.1 Å². The van der Waals surface area contributed by atoms with E-state index in [1.165, 1.54) is 11.6 Å². The van der Waals surface area contributed by atoms with Crippen LogP contribution >= 0.6 is 0 Å². The molecule has 1 atom stereocenters. The first-order valence-electron chi connectivity index (χ1n) is 8.76. The van der Waals surface area contributed by atoms with E-state index in [1.54, 1.807) is 6.07 Å². The summed E-state index contributed by atoms with van der Waals surface area (Å²) < 4.78 is 44.0. The Morgan fingerprint density at radius 3 is 2.67 bits per heavy atom. The van der Waals surface area contributed by atoms with Gasteiger partial charge in [-0.25, -0.2) is 0 Å².